The molecule has 4 bridgehead atoms. The van der Waals surface area contributed by atoms with E-state index in [0.29, 0.717) is 43.4 Å². The zero-order valence-electron chi connectivity index (χ0n) is 14.6. The summed E-state index contributed by atoms with van der Waals surface area (Å²) in [6.07, 6.45) is 5.11. The van der Waals surface area contributed by atoms with E-state index in [0.717, 1.165) is 39.0 Å². The molecule has 7 heteroatoms. The fourth-order valence-electron chi connectivity index (χ4n) is 4.64. The first-order valence-corrected chi connectivity index (χ1v) is 9.62. The largest absolute Gasteiger partial charge is 0.379 e. The smallest absolute Gasteiger partial charge is 0.121 e. The Morgan fingerprint density at radius 3 is 2.83 bits per heavy atom. The number of hydrogen-bond donors (Lipinski definition) is 4. The van der Waals surface area contributed by atoms with Crippen LogP contribution in [-0.4, -0.2) is 69.5 Å². The summed E-state index contributed by atoms with van der Waals surface area (Å²) in [5.41, 5.74) is 7.09. The van der Waals surface area contributed by atoms with Crippen molar-refractivity contribution >= 4 is 0 Å². The Hall–Kier alpha value is -0.280. The van der Waals surface area contributed by atoms with Gasteiger partial charge in [-0.2, -0.15) is 0 Å². The fraction of sp³-hybridized carbons (Fsp3) is 1.00. The highest BCUT2D eigenvalue weighted by atomic mass is 16.5. The molecule has 3 saturated heterocycles. The van der Waals surface area contributed by atoms with Crippen LogP contribution in [0.4, 0.5) is 0 Å². The van der Waals surface area contributed by atoms with E-state index in [1.165, 1.54) is 6.42 Å². The molecule has 0 radical (unpaired) electrons. The summed E-state index contributed by atoms with van der Waals surface area (Å²) < 4.78 is 18.0. The van der Waals surface area contributed by atoms with E-state index in [1.54, 1.807) is 0 Å². The quantitative estimate of drug-likeness (QED) is 0.484. The lowest BCUT2D eigenvalue weighted by Crippen LogP contribution is -2.63. The van der Waals surface area contributed by atoms with Crippen LogP contribution in [0.3, 0.4) is 0 Å². The SMILES string of the molecule is C[C@@H]1CCOCCOC2CNCC(N2)C2NNC3CCC(CC32)O1. The molecular formula is C17H32N4O3. The minimum absolute atomic E-state index is 0.0629. The Balaban J connectivity index is 1.46. The lowest BCUT2D eigenvalue weighted by Gasteiger charge is -2.39. The number of ether oxygens (including phenoxy) is 3. The second-order valence-electron chi connectivity index (χ2n) is 7.66. The molecule has 0 aromatic carbocycles. The summed E-state index contributed by atoms with van der Waals surface area (Å²) in [5.74, 6) is 0.607. The summed E-state index contributed by atoms with van der Waals surface area (Å²) in [7, 11) is 0. The van der Waals surface area contributed by atoms with Crippen molar-refractivity contribution in [3.8, 4) is 0 Å². The van der Waals surface area contributed by atoms with Crippen LogP contribution in [-0.2, 0) is 14.2 Å². The number of rotatable bonds is 0. The van der Waals surface area contributed by atoms with Gasteiger partial charge in [0.15, 0.2) is 0 Å². The highest BCUT2D eigenvalue weighted by Crippen LogP contribution is 2.34. The van der Waals surface area contributed by atoms with E-state index in [4.69, 9.17) is 14.2 Å². The molecule has 24 heavy (non-hydrogen) atoms. The van der Waals surface area contributed by atoms with Crippen LogP contribution in [0.15, 0.2) is 0 Å². The fourth-order valence-corrected chi connectivity index (χ4v) is 4.64. The predicted octanol–water partition coefficient (Wildman–Crippen LogP) is -0.270. The molecule has 7 atom stereocenters. The molecule has 0 aromatic heterocycles. The Morgan fingerprint density at radius 1 is 0.917 bits per heavy atom. The van der Waals surface area contributed by atoms with Crippen LogP contribution >= 0.6 is 0 Å². The molecule has 1 aliphatic carbocycles. The summed E-state index contributed by atoms with van der Waals surface area (Å²) in [5, 5.41) is 7.19. The Bertz CT molecular complexity index is 413. The van der Waals surface area contributed by atoms with Gasteiger partial charge in [-0.25, -0.2) is 0 Å². The molecule has 1 saturated carbocycles. The van der Waals surface area contributed by atoms with Gasteiger partial charge < -0.3 is 19.5 Å². The van der Waals surface area contributed by atoms with Gasteiger partial charge in [0.25, 0.3) is 0 Å². The molecule has 3 aliphatic heterocycles. The van der Waals surface area contributed by atoms with Crippen molar-refractivity contribution in [1.29, 1.82) is 0 Å². The second kappa shape index (κ2) is 7.95. The molecule has 6 unspecified atom stereocenters. The third-order valence-electron chi connectivity index (χ3n) is 5.92. The maximum atomic E-state index is 6.32. The minimum Gasteiger partial charge on any atom is -0.379 e. The molecule has 7 nitrogen and oxygen atoms in total. The molecule has 0 aromatic rings. The monoisotopic (exact) mass is 340 g/mol. The van der Waals surface area contributed by atoms with Crippen molar-refractivity contribution in [2.75, 3.05) is 32.9 Å². The molecular weight excluding hydrogens is 308 g/mol. The van der Waals surface area contributed by atoms with Crippen molar-refractivity contribution in [3.63, 3.8) is 0 Å². The summed E-state index contributed by atoms with van der Waals surface area (Å²) in [6, 6.07) is 1.35. The Kier molecular flexibility index (Phi) is 5.68. The van der Waals surface area contributed by atoms with Gasteiger partial charge in [0.05, 0.1) is 25.4 Å². The maximum Gasteiger partial charge on any atom is 0.121 e. The van der Waals surface area contributed by atoms with E-state index in [-0.39, 0.29) is 12.3 Å². The van der Waals surface area contributed by atoms with Crippen molar-refractivity contribution in [3.05, 3.63) is 0 Å². The van der Waals surface area contributed by atoms with Gasteiger partial charge in [-0.1, -0.05) is 0 Å². The first-order valence-electron chi connectivity index (χ1n) is 9.62. The van der Waals surface area contributed by atoms with Crippen molar-refractivity contribution in [2.24, 2.45) is 5.92 Å². The summed E-state index contributed by atoms with van der Waals surface area (Å²) in [4.78, 5) is 0. The number of fused-ring (bicyclic) bond motifs is 4. The van der Waals surface area contributed by atoms with Crippen LogP contribution < -0.4 is 21.5 Å². The van der Waals surface area contributed by atoms with Crippen molar-refractivity contribution < 1.29 is 14.2 Å². The van der Waals surface area contributed by atoms with E-state index < -0.39 is 0 Å². The highest BCUT2D eigenvalue weighted by Gasteiger charge is 2.45. The van der Waals surface area contributed by atoms with Crippen molar-refractivity contribution in [1.82, 2.24) is 21.5 Å². The Morgan fingerprint density at radius 2 is 1.88 bits per heavy atom. The molecule has 0 amide bonds. The van der Waals surface area contributed by atoms with Crippen LogP contribution in [0, 0.1) is 5.92 Å². The Labute approximate surface area is 144 Å². The molecule has 4 aliphatic rings. The average Bonchev–Trinajstić information content (AvgIpc) is 3.01. The molecule has 4 N–H and O–H groups in total. The molecule has 138 valence electrons. The van der Waals surface area contributed by atoms with Crippen LogP contribution in [0.1, 0.15) is 32.6 Å². The lowest BCUT2D eigenvalue weighted by atomic mass is 9.77. The van der Waals surface area contributed by atoms with E-state index in [2.05, 4.69) is 28.4 Å². The number of hydrogen-bond acceptors (Lipinski definition) is 7. The van der Waals surface area contributed by atoms with Crippen LogP contribution in [0.2, 0.25) is 0 Å². The van der Waals surface area contributed by atoms with Gasteiger partial charge in [0, 0.05) is 37.8 Å². The lowest BCUT2D eigenvalue weighted by molar-refractivity contribution is -0.0505. The highest BCUT2D eigenvalue weighted by molar-refractivity contribution is 5.02. The van der Waals surface area contributed by atoms with E-state index in [9.17, 15) is 0 Å². The van der Waals surface area contributed by atoms with Gasteiger partial charge in [-0.3, -0.25) is 16.2 Å². The second-order valence-corrected chi connectivity index (χ2v) is 7.66. The summed E-state index contributed by atoms with van der Waals surface area (Å²) in [6.45, 7) is 6.02. The predicted molar refractivity (Wildman–Crippen MR) is 90.5 cm³/mol. The topological polar surface area (TPSA) is 75.8 Å². The van der Waals surface area contributed by atoms with Gasteiger partial charge in [-0.05, 0) is 38.5 Å². The van der Waals surface area contributed by atoms with Crippen LogP contribution in [0.5, 0.6) is 0 Å². The van der Waals surface area contributed by atoms with Crippen molar-refractivity contribution in [2.45, 2.75) is 69.2 Å². The van der Waals surface area contributed by atoms with Gasteiger partial charge in [0.1, 0.15) is 6.23 Å². The number of nitrogens with one attached hydrogen (secondary N) is 4. The molecule has 4 fully saturated rings. The first kappa shape index (κ1) is 17.1. The minimum atomic E-state index is 0.0629. The molecule has 3 heterocycles. The molecule has 0 spiro atoms. The normalized spacial score (nSPS) is 47.6. The van der Waals surface area contributed by atoms with Gasteiger partial charge >= 0.3 is 0 Å². The van der Waals surface area contributed by atoms with Crippen LogP contribution in [0.25, 0.3) is 0 Å². The van der Waals surface area contributed by atoms with Gasteiger partial charge in [-0.15, -0.1) is 0 Å². The summed E-state index contributed by atoms with van der Waals surface area (Å²) >= 11 is 0. The number of hydrazine groups is 1. The van der Waals surface area contributed by atoms with E-state index in [1.807, 2.05) is 0 Å². The standard InChI is InChI=1S/C17H32N4O3/c1-11-4-5-22-6-7-23-16-10-18-9-15(19-16)17-13-8-12(24-11)2-3-14(13)20-21-17/h11-21H,2-10H2,1H3/t11-,12?,13?,14?,15?,16?,17?/m1/s1. The zero-order valence-corrected chi connectivity index (χ0v) is 14.6. The average molecular weight is 340 g/mol. The van der Waals surface area contributed by atoms with Gasteiger partial charge in [0.2, 0.25) is 0 Å². The third-order valence-corrected chi connectivity index (χ3v) is 5.92. The van der Waals surface area contributed by atoms with E-state index >= 15 is 0 Å². The third kappa shape index (κ3) is 3.93. The zero-order chi connectivity index (χ0) is 16.4. The maximum absolute atomic E-state index is 6.32. The number of piperazine rings is 1. The first-order chi connectivity index (χ1) is 11.8. The molecule has 4 rings (SSSR count).